The minimum absolute atomic E-state index is 0.0441. The van der Waals surface area contributed by atoms with Gasteiger partial charge in [-0.15, -0.1) is 0 Å². The van der Waals surface area contributed by atoms with Crippen molar-refractivity contribution in [1.29, 1.82) is 0 Å². The molecule has 0 saturated carbocycles. The molecule has 0 aromatic heterocycles. The highest BCUT2D eigenvalue weighted by molar-refractivity contribution is 7.91. The molecule has 1 aliphatic rings. The first-order valence-corrected chi connectivity index (χ1v) is 9.88. The van der Waals surface area contributed by atoms with Gasteiger partial charge in [-0.3, -0.25) is 9.59 Å². The summed E-state index contributed by atoms with van der Waals surface area (Å²) in [6, 6.07) is -0.244. The zero-order valence-electron chi connectivity index (χ0n) is 13.9. The maximum absolute atomic E-state index is 12.5. The Morgan fingerprint density at radius 3 is 2.32 bits per heavy atom. The topological polar surface area (TPSA) is 74.8 Å². The minimum Gasteiger partial charge on any atom is -0.337 e. The second-order valence-electron chi connectivity index (χ2n) is 5.88. The monoisotopic (exact) mass is 332 g/mol. The van der Waals surface area contributed by atoms with Crippen LogP contribution in [-0.4, -0.2) is 67.2 Å². The summed E-state index contributed by atoms with van der Waals surface area (Å²) in [5.41, 5.74) is 0. The summed E-state index contributed by atoms with van der Waals surface area (Å²) in [4.78, 5) is 27.3. The Hall–Kier alpha value is -1.11. The van der Waals surface area contributed by atoms with E-state index in [1.807, 2.05) is 6.92 Å². The Kier molecular flexibility index (Phi) is 7.32. The normalized spacial score (nSPS) is 19.9. The third-order valence-electron chi connectivity index (χ3n) is 4.11. The molecule has 1 rings (SSSR count). The first kappa shape index (κ1) is 18.9. The quantitative estimate of drug-likeness (QED) is 0.623. The molecule has 0 radical (unpaired) electrons. The van der Waals surface area contributed by atoms with Gasteiger partial charge in [0, 0.05) is 26.1 Å². The summed E-state index contributed by atoms with van der Waals surface area (Å²) in [5, 5.41) is 0. The van der Waals surface area contributed by atoms with Gasteiger partial charge in [0.15, 0.2) is 9.84 Å². The number of nitrogens with zero attached hydrogens (tertiary/aromatic N) is 2. The third-order valence-corrected chi connectivity index (χ3v) is 5.86. The van der Waals surface area contributed by atoms with Crippen molar-refractivity contribution in [3.05, 3.63) is 0 Å². The lowest BCUT2D eigenvalue weighted by molar-refractivity contribution is -0.140. The Morgan fingerprint density at radius 2 is 1.86 bits per heavy atom. The van der Waals surface area contributed by atoms with E-state index in [1.54, 1.807) is 9.80 Å². The molecular formula is C15H28N2O4S. The summed E-state index contributed by atoms with van der Waals surface area (Å²) in [6.45, 7) is 6.49. The van der Waals surface area contributed by atoms with E-state index in [0.29, 0.717) is 19.5 Å². The van der Waals surface area contributed by atoms with Crippen LogP contribution in [0.15, 0.2) is 0 Å². The molecule has 22 heavy (non-hydrogen) atoms. The molecule has 1 saturated heterocycles. The van der Waals surface area contributed by atoms with Crippen LogP contribution in [0.4, 0.5) is 0 Å². The summed E-state index contributed by atoms with van der Waals surface area (Å²) < 4.78 is 23.2. The summed E-state index contributed by atoms with van der Waals surface area (Å²) >= 11 is 0. The molecule has 6 nitrogen and oxygen atoms in total. The average molecular weight is 332 g/mol. The van der Waals surface area contributed by atoms with Crippen molar-refractivity contribution in [3.8, 4) is 0 Å². The number of hydrogen-bond acceptors (Lipinski definition) is 4. The lowest BCUT2D eigenvalue weighted by atomic mass is 10.2. The van der Waals surface area contributed by atoms with Crippen LogP contribution in [0.2, 0.25) is 0 Å². The Bertz CT molecular complexity index is 490. The molecule has 0 aromatic carbocycles. The van der Waals surface area contributed by atoms with Crippen LogP contribution in [0.5, 0.6) is 0 Å². The fourth-order valence-corrected chi connectivity index (χ4v) is 4.54. The molecule has 0 N–H and O–H groups in total. The van der Waals surface area contributed by atoms with Gasteiger partial charge in [0.25, 0.3) is 0 Å². The first-order chi connectivity index (χ1) is 10.3. The van der Waals surface area contributed by atoms with Crippen molar-refractivity contribution in [2.45, 2.75) is 52.5 Å². The van der Waals surface area contributed by atoms with E-state index in [0.717, 1.165) is 19.3 Å². The molecule has 1 unspecified atom stereocenters. The van der Waals surface area contributed by atoms with E-state index in [1.165, 1.54) is 6.92 Å². The van der Waals surface area contributed by atoms with Gasteiger partial charge in [0.1, 0.15) is 0 Å². The van der Waals surface area contributed by atoms with E-state index >= 15 is 0 Å². The lowest BCUT2D eigenvalue weighted by Gasteiger charge is -2.30. The summed E-state index contributed by atoms with van der Waals surface area (Å²) in [6.07, 6.45) is 3.46. The third kappa shape index (κ3) is 5.59. The highest BCUT2D eigenvalue weighted by atomic mass is 32.2. The predicted molar refractivity (Wildman–Crippen MR) is 86.2 cm³/mol. The van der Waals surface area contributed by atoms with Gasteiger partial charge in [-0.05, 0) is 19.8 Å². The van der Waals surface area contributed by atoms with Crippen LogP contribution in [0, 0.1) is 0 Å². The van der Waals surface area contributed by atoms with Gasteiger partial charge in [-0.1, -0.05) is 19.8 Å². The zero-order chi connectivity index (χ0) is 16.8. The van der Waals surface area contributed by atoms with Crippen molar-refractivity contribution < 1.29 is 18.0 Å². The zero-order valence-corrected chi connectivity index (χ0v) is 14.7. The maximum atomic E-state index is 12.5. The number of hydrogen-bond donors (Lipinski definition) is 0. The first-order valence-electron chi connectivity index (χ1n) is 8.06. The molecule has 0 bridgehead atoms. The van der Waals surface area contributed by atoms with Gasteiger partial charge in [0.05, 0.1) is 18.1 Å². The molecule has 0 aliphatic carbocycles. The molecule has 1 fully saturated rings. The standard InChI is InChI=1S/C15H28N2O4S/c1-4-6-7-9-16(13(3)18)11-15(19)17(5-2)14-8-10-22(20,21)12-14/h14H,4-12H2,1-3H3. The van der Waals surface area contributed by atoms with E-state index in [2.05, 4.69) is 6.92 Å². The van der Waals surface area contributed by atoms with Crippen molar-refractivity contribution in [3.63, 3.8) is 0 Å². The van der Waals surface area contributed by atoms with Crippen LogP contribution >= 0.6 is 0 Å². The van der Waals surface area contributed by atoms with Gasteiger partial charge in [0.2, 0.25) is 11.8 Å². The molecule has 1 heterocycles. The molecule has 128 valence electrons. The predicted octanol–water partition coefficient (Wildman–Crippen LogP) is 1.06. The molecule has 2 amide bonds. The maximum Gasteiger partial charge on any atom is 0.242 e. The van der Waals surface area contributed by atoms with Crippen molar-refractivity contribution in [1.82, 2.24) is 9.80 Å². The Morgan fingerprint density at radius 1 is 1.18 bits per heavy atom. The number of likely N-dealkylation sites (N-methyl/N-ethyl adjacent to an activating group) is 1. The van der Waals surface area contributed by atoms with Crippen LogP contribution in [0.25, 0.3) is 0 Å². The van der Waals surface area contributed by atoms with Crippen molar-refractivity contribution >= 4 is 21.7 Å². The summed E-state index contributed by atoms with van der Waals surface area (Å²) in [5.74, 6) is -0.0764. The largest absolute Gasteiger partial charge is 0.337 e. The van der Waals surface area contributed by atoms with Gasteiger partial charge < -0.3 is 9.80 Å². The van der Waals surface area contributed by atoms with Crippen LogP contribution < -0.4 is 0 Å². The molecular weight excluding hydrogens is 304 g/mol. The van der Waals surface area contributed by atoms with Gasteiger partial charge >= 0.3 is 0 Å². The second kappa shape index (κ2) is 8.50. The van der Waals surface area contributed by atoms with Crippen molar-refractivity contribution in [2.24, 2.45) is 0 Å². The molecule has 7 heteroatoms. The number of carbonyl (C=O) groups is 2. The van der Waals surface area contributed by atoms with Crippen LogP contribution in [0.1, 0.15) is 46.5 Å². The van der Waals surface area contributed by atoms with Crippen LogP contribution in [-0.2, 0) is 19.4 Å². The highest BCUT2D eigenvalue weighted by Gasteiger charge is 2.34. The van der Waals surface area contributed by atoms with E-state index in [-0.39, 0.29) is 35.9 Å². The van der Waals surface area contributed by atoms with E-state index in [4.69, 9.17) is 0 Å². The molecule has 1 atom stereocenters. The Balaban J connectivity index is 2.64. The average Bonchev–Trinajstić information content (AvgIpc) is 2.78. The SMILES string of the molecule is CCCCCN(CC(=O)N(CC)C1CCS(=O)(=O)C1)C(C)=O. The lowest BCUT2D eigenvalue weighted by Crippen LogP contribution is -2.47. The smallest absolute Gasteiger partial charge is 0.242 e. The highest BCUT2D eigenvalue weighted by Crippen LogP contribution is 2.18. The fourth-order valence-electron chi connectivity index (χ4n) is 2.81. The number of unbranched alkanes of at least 4 members (excludes halogenated alkanes) is 2. The van der Waals surface area contributed by atoms with Gasteiger partial charge in [-0.25, -0.2) is 8.42 Å². The molecule has 0 aromatic rings. The molecule has 1 aliphatic heterocycles. The fraction of sp³-hybridized carbons (Fsp3) is 0.867. The number of carbonyl (C=O) groups excluding carboxylic acids is 2. The van der Waals surface area contributed by atoms with Crippen LogP contribution in [0.3, 0.4) is 0 Å². The minimum atomic E-state index is -3.02. The molecule has 0 spiro atoms. The van der Waals surface area contributed by atoms with E-state index in [9.17, 15) is 18.0 Å². The van der Waals surface area contributed by atoms with E-state index < -0.39 is 9.84 Å². The number of rotatable bonds is 8. The van der Waals surface area contributed by atoms with Gasteiger partial charge in [-0.2, -0.15) is 0 Å². The van der Waals surface area contributed by atoms with Crippen molar-refractivity contribution in [2.75, 3.05) is 31.1 Å². The second-order valence-corrected chi connectivity index (χ2v) is 8.11. The summed E-state index contributed by atoms with van der Waals surface area (Å²) in [7, 11) is -3.02. The number of sulfone groups is 1. The Labute approximate surface area is 133 Å². The number of amides is 2.